The molecule has 367 valence electrons. The molecule has 4 N–H and O–H groups in total. The molecule has 5 aliphatic heterocycles. The number of piperidine rings is 2. The van der Waals surface area contributed by atoms with Gasteiger partial charge in [0.1, 0.15) is 23.2 Å². The van der Waals surface area contributed by atoms with E-state index in [4.69, 9.17) is 14.7 Å². The van der Waals surface area contributed by atoms with E-state index in [0.717, 1.165) is 84.4 Å². The number of piperazine rings is 1. The molecule has 4 fully saturated rings. The molecule has 3 amide bonds. The maximum Gasteiger partial charge on any atom is 0.234 e. The number of allylic oxidation sites excluding steroid dienone is 2. The number of anilines is 6. The Hall–Kier alpha value is -5.81. The summed E-state index contributed by atoms with van der Waals surface area (Å²) in [5.41, 5.74) is 5.62. The van der Waals surface area contributed by atoms with E-state index in [1.54, 1.807) is 18.2 Å². The second-order valence-corrected chi connectivity index (χ2v) is 22.8. The number of aryl methyl sites for hydroxylation is 2. The molecule has 5 aromatic rings. The highest BCUT2D eigenvalue weighted by Crippen LogP contribution is 2.59. The minimum absolute atomic E-state index is 0.0272. The van der Waals surface area contributed by atoms with Crippen LogP contribution in [0, 0.1) is 24.5 Å². The molecular formula is C51H57BrF2N10O5P. The molecule has 1 unspecified atom stereocenters. The highest BCUT2D eigenvalue weighted by atomic mass is 79.9. The molecule has 5 aliphatic rings. The van der Waals surface area contributed by atoms with Gasteiger partial charge >= 0.3 is 0 Å². The minimum atomic E-state index is -2.51. The van der Waals surface area contributed by atoms with Gasteiger partial charge in [0.25, 0.3) is 0 Å². The summed E-state index contributed by atoms with van der Waals surface area (Å²) in [7, 11) is -0.848. The fraction of sp³-hybridized carbons (Fsp3) is 0.412. The van der Waals surface area contributed by atoms with Crippen LogP contribution in [0.2, 0.25) is 0 Å². The van der Waals surface area contributed by atoms with E-state index in [2.05, 4.69) is 83.9 Å². The number of hydrogen-bond donors (Lipinski definition) is 4. The van der Waals surface area contributed by atoms with E-state index < -0.39 is 36.9 Å². The highest BCUT2D eigenvalue weighted by Gasteiger charge is 2.40. The Kier molecular flexibility index (Phi) is 13.5. The lowest BCUT2D eigenvalue weighted by Gasteiger charge is -2.46. The largest absolute Gasteiger partial charge is 0.494 e. The van der Waals surface area contributed by atoms with Crippen molar-refractivity contribution < 1.29 is 32.8 Å². The van der Waals surface area contributed by atoms with Crippen molar-refractivity contribution in [3.63, 3.8) is 0 Å². The van der Waals surface area contributed by atoms with E-state index >= 15 is 8.78 Å². The van der Waals surface area contributed by atoms with Crippen molar-refractivity contribution in [1.82, 2.24) is 30.1 Å². The van der Waals surface area contributed by atoms with Gasteiger partial charge in [-0.3, -0.25) is 29.6 Å². The third-order valence-corrected chi connectivity index (χ3v) is 18.1. The molecule has 0 bridgehead atoms. The fourth-order valence-corrected chi connectivity index (χ4v) is 13.8. The smallest absolute Gasteiger partial charge is 0.234 e. The van der Waals surface area contributed by atoms with E-state index in [9.17, 15) is 19.3 Å². The summed E-state index contributed by atoms with van der Waals surface area (Å²) in [5.74, 6) is -2.42. The van der Waals surface area contributed by atoms with Crippen LogP contribution in [0.25, 0.3) is 10.9 Å². The number of carbonyl (C=O) groups is 3. The molecule has 1 radical (unpaired) electrons. The van der Waals surface area contributed by atoms with Gasteiger partial charge in [-0.05, 0) is 90.5 Å². The van der Waals surface area contributed by atoms with Crippen molar-refractivity contribution in [3.05, 3.63) is 99.8 Å². The SMILES string of the molecule is CCc1cc(Nc2ncc(Br)c(Nc3ccc4nc(C)ccc4c3[P]3(O)CC=CC3)n2)c(OC)cc1N1CCC(N2CCN(C(=O)C3CN(c4cc(F)c(C5CCC(=O)NC5=O)c(F)c4)C3)CC2)CC1. The van der Waals surface area contributed by atoms with Crippen LogP contribution < -0.4 is 35.8 Å². The van der Waals surface area contributed by atoms with Gasteiger partial charge in [0.15, 0.2) is 0 Å². The van der Waals surface area contributed by atoms with Gasteiger partial charge in [-0.2, -0.15) is 4.98 Å². The number of aromatic nitrogens is 3. The summed E-state index contributed by atoms with van der Waals surface area (Å²) in [6.45, 7) is 9.45. The van der Waals surface area contributed by atoms with Crippen molar-refractivity contribution in [2.45, 2.75) is 57.9 Å². The lowest BCUT2D eigenvalue weighted by molar-refractivity contribution is -0.138. The molecule has 15 nitrogen and oxygen atoms in total. The zero-order valence-corrected chi connectivity index (χ0v) is 42.0. The molecule has 2 aromatic heterocycles. The van der Waals surface area contributed by atoms with E-state index in [-0.39, 0.29) is 30.2 Å². The average molecular weight is 1040 g/mol. The molecular weight excluding hydrogens is 981 g/mol. The molecule has 0 spiro atoms. The number of pyridine rings is 1. The van der Waals surface area contributed by atoms with Crippen molar-refractivity contribution >= 4 is 91.9 Å². The number of imide groups is 1. The molecule has 3 aromatic carbocycles. The third-order valence-electron chi connectivity index (χ3n) is 14.6. The number of carbonyl (C=O) groups excluding carboxylic acids is 3. The van der Waals surface area contributed by atoms with Crippen LogP contribution in [0.5, 0.6) is 5.75 Å². The summed E-state index contributed by atoms with van der Waals surface area (Å²) in [4.78, 5) is 72.3. The summed E-state index contributed by atoms with van der Waals surface area (Å²) in [5, 5.41) is 10.9. The first-order chi connectivity index (χ1) is 33.8. The van der Waals surface area contributed by atoms with Gasteiger partial charge < -0.3 is 35.0 Å². The molecule has 7 heterocycles. The van der Waals surface area contributed by atoms with Crippen molar-refractivity contribution in [2.75, 3.05) is 92.2 Å². The lowest BCUT2D eigenvalue weighted by atomic mass is 9.89. The predicted molar refractivity (Wildman–Crippen MR) is 273 cm³/mol. The first-order valence-corrected chi connectivity index (χ1v) is 27.0. The fourth-order valence-electron chi connectivity index (χ4n) is 10.8. The standard InChI is InChI=1S/C51H57BrF2N10O5P/c1-4-31-23-42(58-51-55-27-37(52)48(60-51)57-41-11-10-40-35(8-7-30(2)56-40)47(41)70(68)21-5-6-22-70)44(69-3)26-43(31)62-15-13-33(14-16-62)61-17-19-63(20-18-61)50(67)32-28-64(29-32)34-24-38(53)46(39(54)25-34)36-9-12-45(65)59-49(36)66/h5-8,10-11,23-27,32-33,36,68H,4,9,12-22,28-29H2,1-3H3,(H,59,65,66)(H2,55,57,58,60). The zero-order valence-electron chi connectivity index (χ0n) is 39.5. The van der Waals surface area contributed by atoms with Crippen LogP contribution >= 0.6 is 23.4 Å². The second kappa shape index (κ2) is 19.8. The quantitative estimate of drug-likeness (QED) is 0.0558. The second-order valence-electron chi connectivity index (χ2n) is 18.9. The van der Waals surface area contributed by atoms with Gasteiger partial charge in [0.05, 0.1) is 40.3 Å². The Balaban J connectivity index is 0.741. The molecule has 0 saturated carbocycles. The van der Waals surface area contributed by atoms with Crippen LogP contribution in [0.4, 0.5) is 43.3 Å². The molecule has 19 heteroatoms. The van der Waals surface area contributed by atoms with Crippen molar-refractivity contribution in [1.29, 1.82) is 0 Å². The van der Waals surface area contributed by atoms with Crippen LogP contribution in [-0.4, -0.2) is 125 Å². The van der Waals surface area contributed by atoms with Crippen molar-refractivity contribution in [2.24, 2.45) is 5.92 Å². The first-order valence-electron chi connectivity index (χ1n) is 24.1. The average Bonchev–Trinajstić information content (AvgIpc) is 3.79. The van der Waals surface area contributed by atoms with Gasteiger partial charge in [-0.25, -0.2) is 13.8 Å². The lowest BCUT2D eigenvalue weighted by Crippen LogP contribution is -2.59. The van der Waals surface area contributed by atoms with Gasteiger partial charge in [0.2, 0.25) is 23.7 Å². The molecule has 4 saturated heterocycles. The van der Waals surface area contributed by atoms with Crippen LogP contribution in [0.1, 0.15) is 55.3 Å². The Labute approximate surface area is 414 Å². The number of methoxy groups -OCH3 is 1. The summed E-state index contributed by atoms with van der Waals surface area (Å²) >= 11 is 3.66. The molecule has 70 heavy (non-hydrogen) atoms. The number of fused-ring (bicyclic) bond motifs is 1. The van der Waals surface area contributed by atoms with Gasteiger partial charge in [-0.1, -0.05) is 25.1 Å². The Morgan fingerprint density at radius 1 is 0.914 bits per heavy atom. The topological polar surface area (TPSA) is 168 Å². The zero-order chi connectivity index (χ0) is 48.8. The summed E-state index contributed by atoms with van der Waals surface area (Å²) in [6, 6.07) is 15.1. The number of rotatable bonds is 12. The number of halogens is 3. The van der Waals surface area contributed by atoms with Gasteiger partial charge in [-0.15, -0.1) is 0 Å². The minimum Gasteiger partial charge on any atom is -0.494 e. The maximum absolute atomic E-state index is 15.2. The van der Waals surface area contributed by atoms with Gasteiger partial charge in [0, 0.05) is 130 Å². The Bertz CT molecular complexity index is 2870. The molecule has 10 rings (SSSR count). The van der Waals surface area contributed by atoms with E-state index in [0.29, 0.717) is 72.2 Å². The van der Waals surface area contributed by atoms with E-state index in [1.807, 2.05) is 30.0 Å². The summed E-state index contributed by atoms with van der Waals surface area (Å²) in [6.07, 6.45) is 9.91. The molecule has 0 aliphatic carbocycles. The van der Waals surface area contributed by atoms with Crippen LogP contribution in [0.3, 0.4) is 0 Å². The van der Waals surface area contributed by atoms with Crippen molar-refractivity contribution in [3.8, 4) is 5.75 Å². The Morgan fingerprint density at radius 3 is 2.33 bits per heavy atom. The number of ether oxygens (including phenoxy) is 1. The number of nitrogens with one attached hydrogen (secondary N) is 3. The monoisotopic (exact) mass is 1040 g/mol. The summed E-state index contributed by atoms with van der Waals surface area (Å²) < 4.78 is 37.0. The Morgan fingerprint density at radius 2 is 1.64 bits per heavy atom. The normalized spacial score (nSPS) is 19.9. The number of hydrogen-bond acceptors (Lipinski definition) is 13. The number of nitrogens with zero attached hydrogens (tertiary/aromatic N) is 7. The number of amides is 3. The van der Waals surface area contributed by atoms with Crippen LogP contribution in [-0.2, 0) is 20.8 Å². The first kappa shape index (κ1) is 47.8. The third kappa shape index (κ3) is 9.42. The highest BCUT2D eigenvalue weighted by molar-refractivity contribution is 9.10. The van der Waals surface area contributed by atoms with Crippen LogP contribution in [0.15, 0.2) is 71.4 Å². The maximum atomic E-state index is 15.2. The predicted octanol–water partition coefficient (Wildman–Crippen LogP) is 7.32. The number of benzene rings is 3. The molecule has 1 atom stereocenters. The van der Waals surface area contributed by atoms with E-state index in [1.165, 1.54) is 17.7 Å².